The van der Waals surface area contributed by atoms with E-state index in [4.69, 9.17) is 4.74 Å². The molecule has 1 N–H and O–H groups in total. The Balaban J connectivity index is 3.21. The van der Waals surface area contributed by atoms with Crippen LogP contribution >= 0.6 is 0 Å². The number of phenolic OH excluding ortho intramolecular Hbond substituents is 1. The van der Waals surface area contributed by atoms with Crippen LogP contribution in [-0.4, -0.2) is 11.1 Å². The average Bonchev–Trinajstić information content (AvgIpc) is 2.35. The minimum atomic E-state index is -0.176. The third kappa shape index (κ3) is 4.75. The maximum Gasteiger partial charge on any atom is 0.306 e. The smallest absolute Gasteiger partial charge is 0.306 e. The number of ether oxygens (including phenoxy) is 1. The standard InChI is InChI=1S/C19H30O3/c1-8-9-16(20)22-12-13-10-14(18(2,3)4)17(21)15(11-13)19(5,6)7/h10-11,21H,8-9,12H2,1-7H3. The van der Waals surface area contributed by atoms with Crippen LogP contribution in [0.3, 0.4) is 0 Å². The van der Waals surface area contributed by atoms with E-state index in [1.54, 1.807) is 0 Å². The van der Waals surface area contributed by atoms with Gasteiger partial charge in [0, 0.05) is 6.42 Å². The predicted molar refractivity (Wildman–Crippen MR) is 90.2 cm³/mol. The molecular formula is C19H30O3. The van der Waals surface area contributed by atoms with E-state index in [1.165, 1.54) is 0 Å². The maximum atomic E-state index is 11.6. The number of esters is 1. The van der Waals surface area contributed by atoms with Gasteiger partial charge in [0.25, 0.3) is 0 Å². The normalized spacial score (nSPS) is 12.3. The first-order chi connectivity index (χ1) is 9.96. The molecule has 0 saturated carbocycles. The largest absolute Gasteiger partial charge is 0.507 e. The molecule has 0 aromatic heterocycles. The molecule has 0 unspecified atom stereocenters. The van der Waals surface area contributed by atoms with Crippen LogP contribution in [0.15, 0.2) is 12.1 Å². The molecule has 0 radical (unpaired) electrons. The Labute approximate surface area is 134 Å². The molecule has 0 bridgehead atoms. The number of benzene rings is 1. The molecule has 22 heavy (non-hydrogen) atoms. The van der Waals surface area contributed by atoms with Gasteiger partial charge in [-0.15, -0.1) is 0 Å². The average molecular weight is 306 g/mol. The van der Waals surface area contributed by atoms with Crippen LogP contribution in [0.2, 0.25) is 0 Å². The molecule has 0 aliphatic heterocycles. The highest BCUT2D eigenvalue weighted by Gasteiger charge is 2.26. The van der Waals surface area contributed by atoms with E-state index >= 15 is 0 Å². The molecule has 0 fully saturated rings. The van der Waals surface area contributed by atoms with Crippen molar-refractivity contribution in [3.8, 4) is 5.75 Å². The third-order valence-corrected chi connectivity index (χ3v) is 3.64. The zero-order valence-corrected chi connectivity index (χ0v) is 15.0. The molecule has 0 aliphatic carbocycles. The molecule has 1 rings (SSSR count). The molecular weight excluding hydrogens is 276 g/mol. The number of aromatic hydroxyl groups is 1. The Morgan fingerprint density at radius 2 is 1.50 bits per heavy atom. The predicted octanol–water partition coefficient (Wildman–Crippen LogP) is 4.83. The highest BCUT2D eigenvalue weighted by molar-refractivity contribution is 5.69. The number of hydrogen-bond acceptors (Lipinski definition) is 3. The summed E-state index contributed by atoms with van der Waals surface area (Å²) in [6.07, 6.45) is 1.23. The van der Waals surface area contributed by atoms with Crippen molar-refractivity contribution in [1.82, 2.24) is 0 Å². The zero-order chi connectivity index (χ0) is 17.1. The fourth-order valence-electron chi connectivity index (χ4n) is 2.36. The van der Waals surface area contributed by atoms with Crippen LogP contribution in [0.4, 0.5) is 0 Å². The molecule has 124 valence electrons. The first-order valence-corrected chi connectivity index (χ1v) is 7.99. The van der Waals surface area contributed by atoms with E-state index in [9.17, 15) is 9.90 Å². The van der Waals surface area contributed by atoms with Crippen molar-refractivity contribution in [2.45, 2.75) is 78.7 Å². The van der Waals surface area contributed by atoms with E-state index in [-0.39, 0.29) is 23.4 Å². The van der Waals surface area contributed by atoms with Crippen LogP contribution in [0.25, 0.3) is 0 Å². The van der Waals surface area contributed by atoms with Crippen molar-refractivity contribution in [3.05, 3.63) is 28.8 Å². The zero-order valence-electron chi connectivity index (χ0n) is 15.0. The van der Waals surface area contributed by atoms with Gasteiger partial charge in [-0.2, -0.15) is 0 Å². The Morgan fingerprint density at radius 3 is 1.86 bits per heavy atom. The molecule has 0 aliphatic rings. The van der Waals surface area contributed by atoms with Gasteiger partial charge in [-0.05, 0) is 46.1 Å². The summed E-state index contributed by atoms with van der Waals surface area (Å²) in [6, 6.07) is 3.90. The number of carbonyl (C=O) groups excluding carboxylic acids is 1. The molecule has 3 heteroatoms. The number of hydrogen-bond donors (Lipinski definition) is 1. The lowest BCUT2D eigenvalue weighted by atomic mass is 9.78. The van der Waals surface area contributed by atoms with Crippen LogP contribution in [-0.2, 0) is 27.0 Å². The Bertz CT molecular complexity index is 496. The molecule has 1 aromatic rings. The highest BCUT2D eigenvalue weighted by atomic mass is 16.5. The Morgan fingerprint density at radius 1 is 1.05 bits per heavy atom. The summed E-state index contributed by atoms with van der Waals surface area (Å²) in [4.78, 5) is 11.6. The van der Waals surface area contributed by atoms with Crippen LogP contribution in [0.5, 0.6) is 5.75 Å². The summed E-state index contributed by atoms with van der Waals surface area (Å²) in [5, 5.41) is 10.6. The van der Waals surface area contributed by atoms with Gasteiger partial charge in [0.05, 0.1) is 0 Å². The molecule has 0 atom stereocenters. The quantitative estimate of drug-likeness (QED) is 0.810. The van der Waals surface area contributed by atoms with E-state index < -0.39 is 0 Å². The monoisotopic (exact) mass is 306 g/mol. The second kappa shape index (κ2) is 6.72. The summed E-state index contributed by atoms with van der Waals surface area (Å²) in [5.41, 5.74) is 2.36. The lowest BCUT2D eigenvalue weighted by Crippen LogP contribution is -2.18. The van der Waals surface area contributed by atoms with Gasteiger partial charge in [0.1, 0.15) is 12.4 Å². The lowest BCUT2D eigenvalue weighted by Gasteiger charge is -2.28. The minimum absolute atomic E-state index is 0.173. The topological polar surface area (TPSA) is 46.5 Å². The summed E-state index contributed by atoms with van der Waals surface area (Å²) in [5.74, 6) is 0.175. The molecule has 0 amide bonds. The number of carbonyl (C=O) groups is 1. The Hall–Kier alpha value is -1.51. The maximum absolute atomic E-state index is 11.6. The number of rotatable bonds is 4. The molecule has 0 spiro atoms. The lowest BCUT2D eigenvalue weighted by molar-refractivity contribution is -0.144. The van der Waals surface area contributed by atoms with E-state index in [1.807, 2.05) is 19.1 Å². The van der Waals surface area contributed by atoms with Crippen LogP contribution < -0.4 is 0 Å². The van der Waals surface area contributed by atoms with Crippen LogP contribution in [0, 0.1) is 0 Å². The van der Waals surface area contributed by atoms with E-state index in [0.29, 0.717) is 12.2 Å². The van der Waals surface area contributed by atoms with Gasteiger partial charge >= 0.3 is 5.97 Å². The second-order valence-electron chi connectivity index (χ2n) is 7.95. The highest BCUT2D eigenvalue weighted by Crippen LogP contribution is 2.39. The van der Waals surface area contributed by atoms with Crippen molar-refractivity contribution >= 4 is 5.97 Å². The summed E-state index contributed by atoms with van der Waals surface area (Å²) in [6.45, 7) is 14.6. The van der Waals surface area contributed by atoms with Crippen molar-refractivity contribution in [3.63, 3.8) is 0 Å². The van der Waals surface area contributed by atoms with Gasteiger partial charge in [0.2, 0.25) is 0 Å². The van der Waals surface area contributed by atoms with Gasteiger partial charge < -0.3 is 9.84 Å². The minimum Gasteiger partial charge on any atom is -0.507 e. The first-order valence-electron chi connectivity index (χ1n) is 7.99. The summed E-state index contributed by atoms with van der Waals surface area (Å²) < 4.78 is 5.32. The Kier molecular flexibility index (Phi) is 5.66. The van der Waals surface area contributed by atoms with Gasteiger partial charge in [-0.1, -0.05) is 48.5 Å². The molecule has 0 saturated heterocycles. The fraction of sp³-hybridized carbons (Fsp3) is 0.632. The van der Waals surface area contributed by atoms with Crippen molar-refractivity contribution in [1.29, 1.82) is 0 Å². The van der Waals surface area contributed by atoms with Gasteiger partial charge in [-0.25, -0.2) is 0 Å². The first kappa shape index (κ1) is 18.5. The van der Waals surface area contributed by atoms with E-state index in [0.717, 1.165) is 23.1 Å². The number of phenols is 1. The third-order valence-electron chi connectivity index (χ3n) is 3.64. The molecule has 1 aromatic carbocycles. The van der Waals surface area contributed by atoms with Crippen molar-refractivity contribution < 1.29 is 14.6 Å². The summed E-state index contributed by atoms with van der Waals surface area (Å²) in [7, 11) is 0. The second-order valence-corrected chi connectivity index (χ2v) is 7.95. The van der Waals surface area contributed by atoms with Crippen LogP contribution in [0.1, 0.15) is 78.0 Å². The van der Waals surface area contributed by atoms with E-state index in [2.05, 4.69) is 41.5 Å². The fourth-order valence-corrected chi connectivity index (χ4v) is 2.36. The molecule has 3 nitrogen and oxygen atoms in total. The van der Waals surface area contributed by atoms with Crippen molar-refractivity contribution in [2.24, 2.45) is 0 Å². The molecule has 0 heterocycles. The SMILES string of the molecule is CCCC(=O)OCc1cc(C(C)(C)C)c(O)c(C(C)(C)C)c1. The van der Waals surface area contributed by atoms with Gasteiger partial charge in [-0.3, -0.25) is 4.79 Å². The van der Waals surface area contributed by atoms with Gasteiger partial charge in [0.15, 0.2) is 0 Å². The summed E-state index contributed by atoms with van der Waals surface area (Å²) >= 11 is 0. The van der Waals surface area contributed by atoms with Crippen molar-refractivity contribution in [2.75, 3.05) is 0 Å².